The SMILES string of the molecule is C=CC[C@]1([C@H](C)Cc2ccc(OC)c(OC)c2)C[C@H](OC)C=CC1=O. The van der Waals surface area contributed by atoms with Gasteiger partial charge in [-0.15, -0.1) is 6.58 Å². The summed E-state index contributed by atoms with van der Waals surface area (Å²) in [6, 6.07) is 5.91. The van der Waals surface area contributed by atoms with Crippen molar-refractivity contribution in [3.8, 4) is 11.5 Å². The van der Waals surface area contributed by atoms with Crippen molar-refractivity contribution in [2.75, 3.05) is 21.3 Å². The molecule has 0 heterocycles. The molecule has 0 unspecified atom stereocenters. The highest BCUT2D eigenvalue weighted by molar-refractivity contribution is 5.96. The van der Waals surface area contributed by atoms with E-state index in [0.29, 0.717) is 24.3 Å². The van der Waals surface area contributed by atoms with Gasteiger partial charge >= 0.3 is 0 Å². The lowest BCUT2D eigenvalue weighted by Crippen LogP contribution is -2.43. The van der Waals surface area contributed by atoms with E-state index >= 15 is 0 Å². The zero-order valence-electron chi connectivity index (χ0n) is 15.6. The van der Waals surface area contributed by atoms with E-state index < -0.39 is 5.41 Å². The predicted molar refractivity (Wildman–Crippen MR) is 99.2 cm³/mol. The van der Waals surface area contributed by atoms with Gasteiger partial charge in [-0.2, -0.15) is 0 Å². The second kappa shape index (κ2) is 8.34. The van der Waals surface area contributed by atoms with Gasteiger partial charge in [0.25, 0.3) is 0 Å². The van der Waals surface area contributed by atoms with E-state index in [4.69, 9.17) is 14.2 Å². The molecule has 0 aromatic heterocycles. The van der Waals surface area contributed by atoms with Crippen molar-refractivity contribution in [1.29, 1.82) is 0 Å². The minimum Gasteiger partial charge on any atom is -0.493 e. The Balaban J connectivity index is 2.29. The molecule has 2 rings (SSSR count). The van der Waals surface area contributed by atoms with Crippen LogP contribution in [0, 0.1) is 11.3 Å². The Morgan fingerprint density at radius 2 is 2.00 bits per heavy atom. The molecule has 0 aliphatic heterocycles. The minimum absolute atomic E-state index is 0.0366. The standard InChI is InChI=1S/C21H28O4/c1-6-11-21(14-17(23-3)8-10-20(21)22)15(2)12-16-7-9-18(24-4)19(13-16)25-5/h6-10,13,15,17H,1,11-12,14H2,2-5H3/t15-,17-,21-/m1/s1. The summed E-state index contributed by atoms with van der Waals surface area (Å²) in [6.45, 7) is 6.00. The van der Waals surface area contributed by atoms with Crippen molar-refractivity contribution in [1.82, 2.24) is 0 Å². The van der Waals surface area contributed by atoms with Gasteiger partial charge in [-0.1, -0.05) is 25.1 Å². The van der Waals surface area contributed by atoms with Crippen LogP contribution in [0.3, 0.4) is 0 Å². The highest BCUT2D eigenvalue weighted by atomic mass is 16.5. The lowest BCUT2D eigenvalue weighted by atomic mass is 9.63. The molecule has 1 aromatic carbocycles. The van der Waals surface area contributed by atoms with Gasteiger partial charge in [-0.25, -0.2) is 0 Å². The molecular formula is C21H28O4. The number of allylic oxidation sites excluding steroid dienone is 2. The monoisotopic (exact) mass is 344 g/mol. The summed E-state index contributed by atoms with van der Waals surface area (Å²) in [5, 5.41) is 0. The highest BCUT2D eigenvalue weighted by Crippen LogP contribution is 2.43. The molecule has 0 bridgehead atoms. The maximum absolute atomic E-state index is 12.8. The molecule has 25 heavy (non-hydrogen) atoms. The number of rotatable bonds is 8. The summed E-state index contributed by atoms with van der Waals surface area (Å²) >= 11 is 0. The van der Waals surface area contributed by atoms with Crippen LogP contribution in [0.5, 0.6) is 11.5 Å². The summed E-state index contributed by atoms with van der Waals surface area (Å²) in [5.74, 6) is 1.71. The van der Waals surface area contributed by atoms with Crippen LogP contribution >= 0.6 is 0 Å². The Morgan fingerprint density at radius 1 is 1.28 bits per heavy atom. The average Bonchev–Trinajstić information content (AvgIpc) is 2.63. The first-order chi connectivity index (χ1) is 12.0. The zero-order valence-corrected chi connectivity index (χ0v) is 15.6. The number of hydrogen-bond donors (Lipinski definition) is 0. The molecule has 0 fully saturated rings. The summed E-state index contributed by atoms with van der Waals surface area (Å²) < 4.78 is 16.2. The van der Waals surface area contributed by atoms with Crippen LogP contribution in [0.4, 0.5) is 0 Å². The third kappa shape index (κ3) is 3.96. The van der Waals surface area contributed by atoms with E-state index in [9.17, 15) is 4.79 Å². The fourth-order valence-electron chi connectivity index (χ4n) is 3.69. The second-order valence-corrected chi connectivity index (χ2v) is 6.65. The molecule has 3 atom stereocenters. The molecular weight excluding hydrogens is 316 g/mol. The molecule has 1 aliphatic rings. The molecule has 0 amide bonds. The highest BCUT2D eigenvalue weighted by Gasteiger charge is 2.44. The minimum atomic E-state index is -0.482. The van der Waals surface area contributed by atoms with Gasteiger partial charge in [0.2, 0.25) is 0 Å². The fraction of sp³-hybridized carbons (Fsp3) is 0.476. The van der Waals surface area contributed by atoms with E-state index in [1.807, 2.05) is 30.4 Å². The Hall–Kier alpha value is -2.07. The molecule has 0 saturated carbocycles. The fourth-order valence-corrected chi connectivity index (χ4v) is 3.69. The summed E-state index contributed by atoms with van der Waals surface area (Å²) in [6.07, 6.45) is 7.42. The molecule has 0 spiro atoms. The third-order valence-electron chi connectivity index (χ3n) is 5.26. The predicted octanol–water partition coefficient (Wildman–Crippen LogP) is 3.99. The summed E-state index contributed by atoms with van der Waals surface area (Å²) in [7, 11) is 4.93. The third-order valence-corrected chi connectivity index (χ3v) is 5.26. The Labute approximate surface area is 150 Å². The molecule has 136 valence electrons. The Bertz CT molecular complexity index is 649. The number of carbonyl (C=O) groups excluding carboxylic acids is 1. The summed E-state index contributed by atoms with van der Waals surface area (Å²) in [4.78, 5) is 12.8. The van der Waals surface area contributed by atoms with Crippen molar-refractivity contribution in [2.24, 2.45) is 11.3 Å². The van der Waals surface area contributed by atoms with Crippen molar-refractivity contribution < 1.29 is 19.0 Å². The molecule has 4 nitrogen and oxygen atoms in total. The normalized spacial score (nSPS) is 24.0. The van der Waals surface area contributed by atoms with Crippen LogP contribution in [-0.2, 0) is 16.0 Å². The first-order valence-corrected chi connectivity index (χ1v) is 8.58. The first-order valence-electron chi connectivity index (χ1n) is 8.58. The lowest BCUT2D eigenvalue weighted by Gasteiger charge is -2.40. The topological polar surface area (TPSA) is 44.8 Å². The van der Waals surface area contributed by atoms with Crippen molar-refractivity contribution >= 4 is 5.78 Å². The van der Waals surface area contributed by atoms with Crippen LogP contribution in [0.2, 0.25) is 0 Å². The van der Waals surface area contributed by atoms with Crippen LogP contribution in [0.25, 0.3) is 0 Å². The number of methoxy groups -OCH3 is 3. The van der Waals surface area contributed by atoms with Gasteiger partial charge in [0.15, 0.2) is 17.3 Å². The van der Waals surface area contributed by atoms with E-state index in [0.717, 1.165) is 12.0 Å². The number of hydrogen-bond acceptors (Lipinski definition) is 4. The van der Waals surface area contributed by atoms with Gasteiger partial charge in [-0.3, -0.25) is 4.79 Å². The van der Waals surface area contributed by atoms with Crippen LogP contribution in [-0.4, -0.2) is 33.2 Å². The number of ether oxygens (including phenoxy) is 3. The van der Waals surface area contributed by atoms with Crippen molar-refractivity contribution in [2.45, 2.75) is 32.3 Å². The van der Waals surface area contributed by atoms with E-state index in [1.54, 1.807) is 27.4 Å². The van der Waals surface area contributed by atoms with Crippen LogP contribution in [0.1, 0.15) is 25.3 Å². The molecule has 4 heteroatoms. The maximum atomic E-state index is 12.8. The van der Waals surface area contributed by atoms with Gasteiger partial charge in [-0.05, 0) is 49.0 Å². The van der Waals surface area contributed by atoms with E-state index in [1.165, 1.54) is 0 Å². The molecule has 0 N–H and O–H groups in total. The second-order valence-electron chi connectivity index (χ2n) is 6.65. The van der Waals surface area contributed by atoms with Gasteiger partial charge < -0.3 is 14.2 Å². The lowest BCUT2D eigenvalue weighted by molar-refractivity contribution is -0.130. The Morgan fingerprint density at radius 3 is 2.60 bits per heavy atom. The van der Waals surface area contributed by atoms with Gasteiger partial charge in [0.1, 0.15) is 0 Å². The van der Waals surface area contributed by atoms with Crippen molar-refractivity contribution in [3.63, 3.8) is 0 Å². The van der Waals surface area contributed by atoms with E-state index in [-0.39, 0.29) is 17.8 Å². The Kier molecular flexibility index (Phi) is 6.43. The molecule has 0 radical (unpaired) electrons. The number of carbonyl (C=O) groups is 1. The smallest absolute Gasteiger partial charge is 0.162 e. The average molecular weight is 344 g/mol. The number of benzene rings is 1. The largest absolute Gasteiger partial charge is 0.493 e. The van der Waals surface area contributed by atoms with Gasteiger partial charge in [0, 0.05) is 12.5 Å². The van der Waals surface area contributed by atoms with E-state index in [2.05, 4.69) is 13.5 Å². The van der Waals surface area contributed by atoms with Crippen LogP contribution < -0.4 is 9.47 Å². The number of ketones is 1. The van der Waals surface area contributed by atoms with Gasteiger partial charge in [0.05, 0.1) is 20.3 Å². The molecule has 0 saturated heterocycles. The molecule has 1 aromatic rings. The quantitative estimate of drug-likeness (QED) is 0.669. The summed E-state index contributed by atoms with van der Waals surface area (Å²) in [5.41, 5.74) is 0.634. The van der Waals surface area contributed by atoms with Crippen LogP contribution in [0.15, 0.2) is 43.0 Å². The molecule has 1 aliphatic carbocycles. The maximum Gasteiger partial charge on any atom is 0.162 e. The first kappa shape index (κ1) is 19.3. The van der Waals surface area contributed by atoms with Crippen molar-refractivity contribution in [3.05, 3.63) is 48.6 Å². The zero-order chi connectivity index (χ0) is 18.4.